The van der Waals surface area contributed by atoms with Crippen molar-refractivity contribution in [1.82, 2.24) is 0 Å². The summed E-state index contributed by atoms with van der Waals surface area (Å²) in [6.07, 6.45) is -4.94. The van der Waals surface area contributed by atoms with Crippen molar-refractivity contribution in [3.63, 3.8) is 0 Å². The van der Waals surface area contributed by atoms with Gasteiger partial charge in [-0.15, -0.1) is 11.8 Å². The van der Waals surface area contributed by atoms with Gasteiger partial charge in [0.15, 0.2) is 0 Å². The summed E-state index contributed by atoms with van der Waals surface area (Å²) in [5.74, 6) is 0.129. The first-order chi connectivity index (χ1) is 8.47. The molecule has 0 spiro atoms. The van der Waals surface area contributed by atoms with Crippen LogP contribution in [0, 0.1) is 0 Å². The van der Waals surface area contributed by atoms with Crippen molar-refractivity contribution in [3.05, 3.63) is 36.4 Å². The third kappa shape index (κ3) is 3.10. The monoisotopic (exact) mass is 272 g/mol. The summed E-state index contributed by atoms with van der Waals surface area (Å²) in [6.45, 7) is 0. The van der Waals surface area contributed by atoms with Crippen molar-refractivity contribution in [2.75, 3.05) is 5.75 Å². The molecular formula is C13H11F3OS. The molecule has 2 aromatic rings. The van der Waals surface area contributed by atoms with Gasteiger partial charge in [-0.05, 0) is 17.5 Å². The predicted molar refractivity (Wildman–Crippen MR) is 67.0 cm³/mol. The first-order valence-corrected chi connectivity index (χ1v) is 6.36. The standard InChI is InChI=1S/C13H11F3OS/c14-13(15,16)7-8-18-12-6-5-11(17)9-3-1-2-4-10(9)12/h1-6,17H,7-8H2. The number of hydrogen-bond acceptors (Lipinski definition) is 2. The lowest BCUT2D eigenvalue weighted by Gasteiger charge is -2.09. The Bertz CT molecular complexity index is 551. The van der Waals surface area contributed by atoms with Crippen LogP contribution in [0.4, 0.5) is 13.2 Å². The van der Waals surface area contributed by atoms with Crippen molar-refractivity contribution in [1.29, 1.82) is 0 Å². The van der Waals surface area contributed by atoms with Crippen LogP contribution in [-0.2, 0) is 0 Å². The van der Waals surface area contributed by atoms with Crippen molar-refractivity contribution in [2.24, 2.45) is 0 Å². The Morgan fingerprint density at radius 1 is 1.00 bits per heavy atom. The molecule has 96 valence electrons. The maximum Gasteiger partial charge on any atom is 0.389 e. The van der Waals surface area contributed by atoms with Crippen LogP contribution in [0.2, 0.25) is 0 Å². The molecule has 5 heteroatoms. The average Bonchev–Trinajstić information content (AvgIpc) is 2.31. The quantitative estimate of drug-likeness (QED) is 0.825. The van der Waals surface area contributed by atoms with E-state index in [-0.39, 0.29) is 11.5 Å². The molecule has 0 radical (unpaired) electrons. The molecule has 0 aliphatic rings. The Kier molecular flexibility index (Phi) is 3.71. The maximum atomic E-state index is 12.1. The third-order valence-electron chi connectivity index (χ3n) is 2.50. The van der Waals surface area contributed by atoms with E-state index >= 15 is 0 Å². The zero-order chi connectivity index (χ0) is 13.2. The molecule has 2 rings (SSSR count). The van der Waals surface area contributed by atoms with Crippen LogP contribution in [0.15, 0.2) is 41.3 Å². The highest BCUT2D eigenvalue weighted by Crippen LogP contribution is 2.34. The number of alkyl halides is 3. The number of phenolic OH excluding ortho intramolecular Hbond substituents is 1. The van der Waals surface area contributed by atoms with Crippen LogP contribution in [0.25, 0.3) is 10.8 Å². The number of thioether (sulfide) groups is 1. The van der Waals surface area contributed by atoms with E-state index in [1.54, 1.807) is 30.3 Å². The second-order valence-corrected chi connectivity index (χ2v) is 4.98. The minimum Gasteiger partial charge on any atom is -0.507 e. The van der Waals surface area contributed by atoms with Gasteiger partial charge in [-0.3, -0.25) is 0 Å². The molecule has 1 N–H and O–H groups in total. The fourth-order valence-electron chi connectivity index (χ4n) is 1.66. The van der Waals surface area contributed by atoms with Crippen molar-refractivity contribution in [3.8, 4) is 5.75 Å². The Balaban J connectivity index is 2.21. The van der Waals surface area contributed by atoms with Gasteiger partial charge in [0.2, 0.25) is 0 Å². The highest BCUT2D eigenvalue weighted by atomic mass is 32.2. The van der Waals surface area contributed by atoms with Crippen LogP contribution in [0.3, 0.4) is 0 Å². The molecule has 0 fully saturated rings. The van der Waals surface area contributed by atoms with Crippen molar-refractivity contribution in [2.45, 2.75) is 17.5 Å². The van der Waals surface area contributed by atoms with Gasteiger partial charge in [-0.25, -0.2) is 0 Å². The summed E-state index contributed by atoms with van der Waals surface area (Å²) >= 11 is 1.15. The zero-order valence-corrected chi connectivity index (χ0v) is 10.2. The van der Waals surface area contributed by atoms with Gasteiger partial charge >= 0.3 is 6.18 Å². The molecular weight excluding hydrogens is 261 g/mol. The normalized spacial score (nSPS) is 11.9. The van der Waals surface area contributed by atoms with Crippen LogP contribution in [0.5, 0.6) is 5.75 Å². The highest BCUT2D eigenvalue weighted by Gasteiger charge is 2.26. The molecule has 0 heterocycles. The van der Waals surface area contributed by atoms with E-state index in [1.807, 2.05) is 0 Å². The third-order valence-corrected chi connectivity index (χ3v) is 3.58. The van der Waals surface area contributed by atoms with Gasteiger partial charge in [0.25, 0.3) is 0 Å². The van der Waals surface area contributed by atoms with E-state index in [9.17, 15) is 18.3 Å². The lowest BCUT2D eigenvalue weighted by molar-refractivity contribution is -0.129. The summed E-state index contributed by atoms with van der Waals surface area (Å²) in [6, 6.07) is 10.3. The minimum absolute atomic E-state index is 0.0156. The van der Waals surface area contributed by atoms with E-state index < -0.39 is 12.6 Å². The molecule has 0 saturated carbocycles. The predicted octanol–water partition coefficient (Wildman–Crippen LogP) is 4.59. The largest absolute Gasteiger partial charge is 0.507 e. The van der Waals surface area contributed by atoms with E-state index in [0.29, 0.717) is 5.39 Å². The molecule has 0 bridgehead atoms. The van der Waals surface area contributed by atoms with E-state index in [2.05, 4.69) is 0 Å². The van der Waals surface area contributed by atoms with Crippen LogP contribution >= 0.6 is 11.8 Å². The number of aromatic hydroxyl groups is 1. The van der Waals surface area contributed by atoms with E-state index in [1.165, 1.54) is 6.07 Å². The van der Waals surface area contributed by atoms with Crippen LogP contribution < -0.4 is 0 Å². The highest BCUT2D eigenvalue weighted by molar-refractivity contribution is 7.99. The van der Waals surface area contributed by atoms with Gasteiger partial charge in [0.1, 0.15) is 5.75 Å². The second-order valence-electron chi connectivity index (χ2n) is 3.84. The van der Waals surface area contributed by atoms with Crippen molar-refractivity contribution >= 4 is 22.5 Å². The second kappa shape index (κ2) is 5.10. The van der Waals surface area contributed by atoms with Crippen LogP contribution in [-0.4, -0.2) is 17.0 Å². The van der Waals surface area contributed by atoms with Gasteiger partial charge < -0.3 is 5.11 Å². The summed E-state index contributed by atoms with van der Waals surface area (Å²) in [5, 5.41) is 11.1. The molecule has 0 saturated heterocycles. The Hall–Kier alpha value is -1.36. The van der Waals surface area contributed by atoms with Gasteiger partial charge in [-0.2, -0.15) is 13.2 Å². The molecule has 0 aromatic heterocycles. The topological polar surface area (TPSA) is 20.2 Å². The molecule has 0 aliphatic carbocycles. The van der Waals surface area contributed by atoms with Gasteiger partial charge in [0, 0.05) is 16.0 Å². The number of benzene rings is 2. The fraction of sp³-hybridized carbons (Fsp3) is 0.231. The zero-order valence-electron chi connectivity index (χ0n) is 9.37. The molecule has 1 nitrogen and oxygen atoms in total. The lowest BCUT2D eigenvalue weighted by Crippen LogP contribution is -2.07. The first-order valence-electron chi connectivity index (χ1n) is 5.37. The molecule has 0 aliphatic heterocycles. The first kappa shape index (κ1) is 13.1. The SMILES string of the molecule is Oc1ccc(SCCC(F)(F)F)c2ccccc12. The van der Waals surface area contributed by atoms with Gasteiger partial charge in [-0.1, -0.05) is 24.3 Å². The summed E-state index contributed by atoms with van der Waals surface area (Å²) in [4.78, 5) is 0.757. The van der Waals surface area contributed by atoms with E-state index in [4.69, 9.17) is 0 Å². The summed E-state index contributed by atoms with van der Waals surface area (Å²) in [7, 11) is 0. The molecule has 0 amide bonds. The molecule has 0 unspecified atom stereocenters. The Labute approximate surface area is 107 Å². The van der Waals surface area contributed by atoms with E-state index in [0.717, 1.165) is 22.0 Å². The molecule has 18 heavy (non-hydrogen) atoms. The summed E-state index contributed by atoms with van der Waals surface area (Å²) < 4.78 is 36.2. The number of halogens is 3. The Morgan fingerprint density at radius 3 is 2.33 bits per heavy atom. The average molecular weight is 272 g/mol. The maximum absolute atomic E-state index is 12.1. The number of rotatable bonds is 3. The summed E-state index contributed by atoms with van der Waals surface area (Å²) in [5.41, 5.74) is 0. The number of hydrogen-bond donors (Lipinski definition) is 1. The number of fused-ring (bicyclic) bond motifs is 1. The van der Waals surface area contributed by atoms with Crippen molar-refractivity contribution < 1.29 is 18.3 Å². The van der Waals surface area contributed by atoms with Crippen LogP contribution in [0.1, 0.15) is 6.42 Å². The molecule has 0 atom stereocenters. The lowest BCUT2D eigenvalue weighted by atomic mass is 10.1. The molecule has 2 aromatic carbocycles. The van der Waals surface area contributed by atoms with Gasteiger partial charge in [0.05, 0.1) is 6.42 Å². The smallest absolute Gasteiger partial charge is 0.389 e. The Morgan fingerprint density at radius 2 is 1.67 bits per heavy atom. The fourth-order valence-corrected chi connectivity index (χ4v) is 2.71. The minimum atomic E-state index is -4.13. The number of phenols is 1.